The van der Waals surface area contributed by atoms with Crippen LogP contribution in [0.15, 0.2) is 18.2 Å². The Labute approximate surface area is 99.7 Å². The maximum atomic E-state index is 6.11. The molecule has 0 spiro atoms. The zero-order valence-corrected chi connectivity index (χ0v) is 12.0. The Morgan fingerprint density at radius 2 is 1.88 bits per heavy atom. The highest BCUT2D eigenvalue weighted by atomic mass is 28.4. The van der Waals surface area contributed by atoms with Crippen molar-refractivity contribution < 1.29 is 9.16 Å². The fraction of sp³-hybridized carbons (Fsp3) is 0.538. The molecule has 0 unspecified atom stereocenters. The minimum Gasteiger partial charge on any atom is -0.543 e. The largest absolute Gasteiger partial charge is 0.543 e. The molecular formula is C13H21O2Si. The highest BCUT2D eigenvalue weighted by molar-refractivity contribution is 6.74. The first-order chi connectivity index (χ1) is 7.26. The molecule has 1 aromatic rings. The summed E-state index contributed by atoms with van der Waals surface area (Å²) in [7, 11) is -0.110. The van der Waals surface area contributed by atoms with Crippen LogP contribution in [0.3, 0.4) is 0 Å². The third kappa shape index (κ3) is 3.01. The molecule has 0 atom stereocenters. The Morgan fingerprint density at radius 1 is 1.25 bits per heavy atom. The van der Waals surface area contributed by atoms with Gasteiger partial charge in [-0.15, -0.1) is 0 Å². The Morgan fingerprint density at radius 3 is 2.38 bits per heavy atom. The molecule has 0 aromatic heterocycles. The number of hydrogen-bond donors (Lipinski definition) is 0. The Hall–Kier alpha value is -0.963. The van der Waals surface area contributed by atoms with Crippen LogP contribution in [0, 0.1) is 6.07 Å². The molecule has 0 amide bonds. The van der Waals surface area contributed by atoms with Gasteiger partial charge in [0, 0.05) is 12.1 Å². The second kappa shape index (κ2) is 4.50. The first-order valence-electron chi connectivity index (χ1n) is 5.51. The van der Waals surface area contributed by atoms with Crippen LogP contribution in [-0.2, 0) is 0 Å². The first kappa shape index (κ1) is 13.1. The van der Waals surface area contributed by atoms with Gasteiger partial charge >= 0.3 is 0 Å². The fourth-order valence-corrected chi connectivity index (χ4v) is 2.01. The molecule has 3 heteroatoms. The molecule has 2 nitrogen and oxygen atoms in total. The van der Waals surface area contributed by atoms with E-state index in [4.69, 9.17) is 9.16 Å². The molecule has 0 aliphatic rings. The number of methoxy groups -OCH3 is 1. The van der Waals surface area contributed by atoms with Crippen LogP contribution < -0.4 is 9.16 Å². The second-order valence-corrected chi connectivity index (χ2v) is 10.2. The van der Waals surface area contributed by atoms with Crippen LogP contribution in [0.4, 0.5) is 0 Å². The van der Waals surface area contributed by atoms with Gasteiger partial charge in [0.25, 0.3) is 8.32 Å². The third-order valence-electron chi connectivity index (χ3n) is 3.15. The quantitative estimate of drug-likeness (QED) is 0.743. The average molecular weight is 237 g/mol. The predicted molar refractivity (Wildman–Crippen MR) is 69.7 cm³/mol. The van der Waals surface area contributed by atoms with E-state index < -0.39 is 8.32 Å². The van der Waals surface area contributed by atoms with Crippen LogP contribution in [0.1, 0.15) is 20.8 Å². The molecule has 16 heavy (non-hydrogen) atoms. The van der Waals surface area contributed by atoms with Crippen molar-refractivity contribution in [2.75, 3.05) is 7.11 Å². The summed E-state index contributed by atoms with van der Waals surface area (Å²) in [6, 6.07) is 8.70. The van der Waals surface area contributed by atoms with E-state index in [1.165, 1.54) is 0 Å². The zero-order valence-electron chi connectivity index (χ0n) is 11.0. The summed E-state index contributed by atoms with van der Waals surface area (Å²) in [6.07, 6.45) is 0. The SMILES string of the molecule is COc1cc[c]c(O[Si](C)(C)C(C)(C)C)c1. The smallest absolute Gasteiger partial charge is 0.250 e. The van der Waals surface area contributed by atoms with Gasteiger partial charge in [0.1, 0.15) is 11.5 Å². The molecule has 0 aliphatic heterocycles. The van der Waals surface area contributed by atoms with Gasteiger partial charge in [-0.25, -0.2) is 0 Å². The van der Waals surface area contributed by atoms with Crippen molar-refractivity contribution in [3.8, 4) is 11.5 Å². The molecule has 0 aliphatic carbocycles. The van der Waals surface area contributed by atoms with Crippen molar-refractivity contribution in [2.24, 2.45) is 0 Å². The number of benzene rings is 1. The van der Waals surface area contributed by atoms with Crippen LogP contribution in [0.25, 0.3) is 0 Å². The van der Waals surface area contributed by atoms with E-state index in [-0.39, 0.29) is 5.04 Å². The van der Waals surface area contributed by atoms with Gasteiger partial charge < -0.3 is 9.16 Å². The molecule has 0 bridgehead atoms. The number of rotatable bonds is 3. The number of ether oxygens (including phenoxy) is 1. The summed E-state index contributed by atoms with van der Waals surface area (Å²) < 4.78 is 11.3. The first-order valence-corrected chi connectivity index (χ1v) is 8.42. The highest BCUT2D eigenvalue weighted by Crippen LogP contribution is 2.37. The zero-order chi connectivity index (χ0) is 12.4. The lowest BCUT2D eigenvalue weighted by atomic mass is 10.2. The Bertz CT molecular complexity index is 353. The third-order valence-corrected chi connectivity index (χ3v) is 7.50. The maximum Gasteiger partial charge on any atom is 0.250 e. The van der Waals surface area contributed by atoms with Crippen LogP contribution in [0.2, 0.25) is 18.1 Å². The molecule has 0 N–H and O–H groups in total. The topological polar surface area (TPSA) is 18.5 Å². The lowest BCUT2D eigenvalue weighted by Crippen LogP contribution is -2.43. The predicted octanol–water partition coefficient (Wildman–Crippen LogP) is 3.88. The van der Waals surface area contributed by atoms with E-state index in [0.29, 0.717) is 0 Å². The standard InChI is InChI=1S/C13H21O2Si/c1-13(2,3)16(5,6)15-12-9-7-8-11(10-12)14-4/h7-8,10H,1-6H3. The van der Waals surface area contributed by atoms with E-state index >= 15 is 0 Å². The van der Waals surface area contributed by atoms with E-state index in [1.807, 2.05) is 18.2 Å². The van der Waals surface area contributed by atoms with E-state index in [9.17, 15) is 0 Å². The number of hydrogen-bond acceptors (Lipinski definition) is 2. The normalized spacial score (nSPS) is 12.4. The molecule has 0 saturated heterocycles. The molecule has 89 valence electrons. The summed E-state index contributed by atoms with van der Waals surface area (Å²) in [5.41, 5.74) is 0. The van der Waals surface area contributed by atoms with Crippen LogP contribution >= 0.6 is 0 Å². The van der Waals surface area contributed by atoms with Gasteiger partial charge in [0.15, 0.2) is 0 Å². The second-order valence-electron chi connectivity index (χ2n) is 5.46. The molecule has 1 aromatic carbocycles. The summed E-state index contributed by atoms with van der Waals surface area (Å²) in [5.74, 6) is 1.60. The van der Waals surface area contributed by atoms with E-state index in [0.717, 1.165) is 11.5 Å². The van der Waals surface area contributed by atoms with Gasteiger partial charge in [-0.1, -0.05) is 20.8 Å². The van der Waals surface area contributed by atoms with Gasteiger partial charge in [0.2, 0.25) is 0 Å². The summed E-state index contributed by atoms with van der Waals surface area (Å²) in [5, 5.41) is 0.198. The molecule has 0 saturated carbocycles. The van der Waals surface area contributed by atoms with Gasteiger partial charge in [-0.3, -0.25) is 0 Å². The van der Waals surface area contributed by atoms with Crippen LogP contribution in [-0.4, -0.2) is 15.4 Å². The maximum absolute atomic E-state index is 6.11. The minimum atomic E-state index is -1.77. The minimum absolute atomic E-state index is 0.198. The lowest BCUT2D eigenvalue weighted by Gasteiger charge is -2.36. The van der Waals surface area contributed by atoms with Crippen molar-refractivity contribution in [3.05, 3.63) is 24.3 Å². The van der Waals surface area contributed by atoms with E-state index in [1.54, 1.807) is 7.11 Å². The van der Waals surface area contributed by atoms with Crippen LogP contribution in [0.5, 0.6) is 11.5 Å². The monoisotopic (exact) mass is 237 g/mol. The van der Waals surface area contributed by atoms with Crippen molar-refractivity contribution in [1.82, 2.24) is 0 Å². The molecule has 0 fully saturated rings. The fourth-order valence-electron chi connectivity index (χ4n) is 1.04. The summed E-state index contributed by atoms with van der Waals surface area (Å²) >= 11 is 0. The Kier molecular flexibility index (Phi) is 3.68. The molecular weight excluding hydrogens is 216 g/mol. The summed E-state index contributed by atoms with van der Waals surface area (Å²) in [4.78, 5) is 0. The highest BCUT2D eigenvalue weighted by Gasteiger charge is 2.38. The lowest BCUT2D eigenvalue weighted by molar-refractivity contribution is 0.410. The summed E-state index contributed by atoms with van der Waals surface area (Å²) in [6.45, 7) is 11.1. The van der Waals surface area contributed by atoms with E-state index in [2.05, 4.69) is 39.9 Å². The molecule has 1 radical (unpaired) electrons. The van der Waals surface area contributed by atoms with Gasteiger partial charge in [-0.05, 0) is 30.3 Å². The molecule has 1 rings (SSSR count). The van der Waals surface area contributed by atoms with Gasteiger partial charge in [-0.2, -0.15) is 0 Å². The Balaban J connectivity index is 2.88. The molecule has 0 heterocycles. The average Bonchev–Trinajstić information content (AvgIpc) is 2.15. The van der Waals surface area contributed by atoms with Crippen molar-refractivity contribution >= 4 is 8.32 Å². The van der Waals surface area contributed by atoms with Crippen molar-refractivity contribution in [2.45, 2.75) is 38.9 Å². The van der Waals surface area contributed by atoms with Gasteiger partial charge in [0.05, 0.1) is 7.11 Å². The van der Waals surface area contributed by atoms with Crippen molar-refractivity contribution in [1.29, 1.82) is 0 Å². The van der Waals surface area contributed by atoms with Crippen molar-refractivity contribution in [3.63, 3.8) is 0 Å².